The van der Waals surface area contributed by atoms with Gasteiger partial charge in [-0.2, -0.15) is 5.10 Å². The van der Waals surface area contributed by atoms with E-state index in [1.54, 1.807) is 20.4 Å². The summed E-state index contributed by atoms with van der Waals surface area (Å²) >= 11 is 2.29. The Bertz CT molecular complexity index is 941. The lowest BCUT2D eigenvalue weighted by Crippen LogP contribution is -2.06. The summed E-state index contributed by atoms with van der Waals surface area (Å²) in [5.74, 6) is 2.25. The molecule has 0 amide bonds. The summed E-state index contributed by atoms with van der Waals surface area (Å²) in [6.45, 7) is 1.14. The molecular weight excluding hydrogens is 479 g/mol. The van der Waals surface area contributed by atoms with Crippen molar-refractivity contribution in [1.29, 1.82) is 0 Å². The van der Waals surface area contributed by atoms with Crippen LogP contribution in [-0.4, -0.2) is 20.4 Å². The summed E-state index contributed by atoms with van der Waals surface area (Å²) in [7, 11) is 3.25. The van der Waals surface area contributed by atoms with E-state index in [1.807, 2.05) is 42.5 Å². The zero-order valence-corrected chi connectivity index (χ0v) is 18.5. The van der Waals surface area contributed by atoms with E-state index in [4.69, 9.17) is 14.2 Å². The van der Waals surface area contributed by atoms with Crippen molar-refractivity contribution in [3.63, 3.8) is 0 Å². The number of methoxy groups -OCH3 is 2. The predicted octanol–water partition coefficient (Wildman–Crippen LogP) is 5.01. The number of nitrogens with one attached hydrogen (secondary N) is 1. The van der Waals surface area contributed by atoms with Crippen LogP contribution in [0, 0.1) is 3.57 Å². The summed E-state index contributed by atoms with van der Waals surface area (Å²) in [6, 6.07) is 21.9. The Labute approximate surface area is 184 Å². The lowest BCUT2D eigenvalue weighted by Gasteiger charge is -2.09. The first kappa shape index (κ1) is 21.0. The highest BCUT2D eigenvalue weighted by atomic mass is 127. The summed E-state index contributed by atoms with van der Waals surface area (Å²) in [4.78, 5) is 0. The minimum absolute atomic E-state index is 0.553. The van der Waals surface area contributed by atoms with Crippen molar-refractivity contribution in [1.82, 2.24) is 5.43 Å². The maximum atomic E-state index is 5.83. The van der Waals surface area contributed by atoms with Gasteiger partial charge in [-0.25, -0.2) is 0 Å². The van der Waals surface area contributed by atoms with E-state index in [9.17, 15) is 0 Å². The quantitative estimate of drug-likeness (QED) is 0.254. The van der Waals surface area contributed by atoms with Crippen LogP contribution in [-0.2, 0) is 13.2 Å². The zero-order valence-electron chi connectivity index (χ0n) is 16.4. The zero-order chi connectivity index (χ0) is 20.5. The Kier molecular flexibility index (Phi) is 7.75. The first-order valence-corrected chi connectivity index (χ1v) is 10.2. The Hall–Kier alpha value is -2.74. The third-order valence-electron chi connectivity index (χ3n) is 4.23. The van der Waals surface area contributed by atoms with Crippen molar-refractivity contribution in [2.24, 2.45) is 5.10 Å². The lowest BCUT2D eigenvalue weighted by molar-refractivity contribution is 0.306. The van der Waals surface area contributed by atoms with Crippen molar-refractivity contribution >= 4 is 28.8 Å². The molecule has 0 atom stereocenters. The molecule has 0 aliphatic rings. The number of nitrogens with zero attached hydrogens (tertiary/aromatic N) is 1. The van der Waals surface area contributed by atoms with Crippen LogP contribution >= 0.6 is 22.6 Å². The molecule has 5 nitrogen and oxygen atoms in total. The number of ether oxygens (including phenoxy) is 3. The van der Waals surface area contributed by atoms with Gasteiger partial charge < -0.3 is 19.6 Å². The molecule has 29 heavy (non-hydrogen) atoms. The number of hydrazone groups is 1. The van der Waals surface area contributed by atoms with Gasteiger partial charge >= 0.3 is 0 Å². The molecule has 0 aliphatic heterocycles. The minimum Gasteiger partial charge on any atom is -0.493 e. The standard InChI is InChI=1S/C23H23IN2O3/c1-27-22-12-7-19(13-23(22)28-2)15-26-25-14-17-5-10-21(11-6-17)29-16-18-3-8-20(24)9-4-18/h3-14,26H,15-16H2,1-2H3/b25-14+. The van der Waals surface area contributed by atoms with Crippen molar-refractivity contribution in [2.75, 3.05) is 14.2 Å². The molecule has 150 valence electrons. The fourth-order valence-electron chi connectivity index (χ4n) is 2.65. The fourth-order valence-corrected chi connectivity index (χ4v) is 3.00. The molecule has 1 N–H and O–H groups in total. The van der Waals surface area contributed by atoms with Crippen molar-refractivity contribution < 1.29 is 14.2 Å². The molecule has 0 aromatic heterocycles. The molecular formula is C23H23IN2O3. The van der Waals surface area contributed by atoms with Gasteiger partial charge in [-0.1, -0.05) is 18.2 Å². The fraction of sp³-hybridized carbons (Fsp3) is 0.174. The smallest absolute Gasteiger partial charge is 0.161 e. The second-order valence-electron chi connectivity index (χ2n) is 6.27. The molecule has 0 saturated carbocycles. The third kappa shape index (κ3) is 6.39. The van der Waals surface area contributed by atoms with E-state index in [0.29, 0.717) is 24.7 Å². The van der Waals surface area contributed by atoms with Crippen molar-refractivity contribution in [2.45, 2.75) is 13.2 Å². The topological polar surface area (TPSA) is 52.1 Å². The highest BCUT2D eigenvalue weighted by Gasteiger charge is 2.03. The van der Waals surface area contributed by atoms with E-state index in [0.717, 1.165) is 22.4 Å². The van der Waals surface area contributed by atoms with Crippen molar-refractivity contribution in [3.8, 4) is 17.2 Å². The minimum atomic E-state index is 0.553. The highest BCUT2D eigenvalue weighted by molar-refractivity contribution is 14.1. The summed E-state index contributed by atoms with van der Waals surface area (Å²) < 4.78 is 17.6. The first-order chi connectivity index (χ1) is 14.2. The Morgan fingerprint density at radius 2 is 1.55 bits per heavy atom. The lowest BCUT2D eigenvalue weighted by atomic mass is 10.2. The average Bonchev–Trinajstić information content (AvgIpc) is 2.77. The van der Waals surface area contributed by atoms with E-state index in [-0.39, 0.29) is 0 Å². The molecule has 3 aromatic carbocycles. The largest absolute Gasteiger partial charge is 0.493 e. The Morgan fingerprint density at radius 3 is 2.24 bits per heavy atom. The molecule has 0 aliphatic carbocycles. The predicted molar refractivity (Wildman–Crippen MR) is 124 cm³/mol. The van der Waals surface area contributed by atoms with Crippen LogP contribution in [0.2, 0.25) is 0 Å². The molecule has 0 heterocycles. The van der Waals surface area contributed by atoms with Gasteiger partial charge in [0.2, 0.25) is 0 Å². The van der Waals surface area contributed by atoms with E-state index >= 15 is 0 Å². The van der Waals surface area contributed by atoms with Crippen LogP contribution in [0.15, 0.2) is 71.8 Å². The molecule has 0 unspecified atom stereocenters. The van der Waals surface area contributed by atoms with Gasteiger partial charge in [-0.3, -0.25) is 0 Å². The average molecular weight is 502 g/mol. The van der Waals surface area contributed by atoms with E-state index < -0.39 is 0 Å². The summed E-state index contributed by atoms with van der Waals surface area (Å²) in [6.07, 6.45) is 1.78. The van der Waals surface area contributed by atoms with Crippen LogP contribution in [0.1, 0.15) is 16.7 Å². The van der Waals surface area contributed by atoms with Gasteiger partial charge in [-0.05, 0) is 87.8 Å². The van der Waals surface area contributed by atoms with Gasteiger partial charge in [0.25, 0.3) is 0 Å². The molecule has 0 fully saturated rings. The molecule has 0 saturated heterocycles. The van der Waals surface area contributed by atoms with E-state index in [2.05, 4.69) is 57.4 Å². The Balaban J connectivity index is 1.48. The SMILES string of the molecule is COc1ccc(CN/N=C/c2ccc(OCc3ccc(I)cc3)cc2)cc1OC. The Morgan fingerprint density at radius 1 is 0.862 bits per heavy atom. The molecule has 0 radical (unpaired) electrons. The first-order valence-electron chi connectivity index (χ1n) is 9.12. The van der Waals surface area contributed by atoms with Gasteiger partial charge in [0.05, 0.1) is 27.0 Å². The van der Waals surface area contributed by atoms with Gasteiger partial charge in [0.15, 0.2) is 11.5 Å². The highest BCUT2D eigenvalue weighted by Crippen LogP contribution is 2.27. The number of halogens is 1. The maximum Gasteiger partial charge on any atom is 0.161 e. The summed E-state index contributed by atoms with van der Waals surface area (Å²) in [5.41, 5.74) is 6.24. The van der Waals surface area contributed by atoms with Crippen LogP contribution in [0.25, 0.3) is 0 Å². The molecule has 0 bridgehead atoms. The molecule has 0 spiro atoms. The van der Waals surface area contributed by atoms with Crippen LogP contribution in [0.5, 0.6) is 17.2 Å². The van der Waals surface area contributed by atoms with Crippen molar-refractivity contribution in [3.05, 3.63) is 87.0 Å². The van der Waals surface area contributed by atoms with Crippen LogP contribution in [0.4, 0.5) is 0 Å². The van der Waals surface area contributed by atoms with Gasteiger partial charge in [0, 0.05) is 3.57 Å². The number of hydrogen-bond donors (Lipinski definition) is 1. The number of benzene rings is 3. The second-order valence-corrected chi connectivity index (χ2v) is 7.51. The number of hydrogen-bond acceptors (Lipinski definition) is 5. The van der Waals surface area contributed by atoms with Crippen LogP contribution in [0.3, 0.4) is 0 Å². The maximum absolute atomic E-state index is 5.83. The van der Waals surface area contributed by atoms with Gasteiger partial charge in [-0.15, -0.1) is 0 Å². The summed E-state index contributed by atoms with van der Waals surface area (Å²) in [5, 5.41) is 4.28. The van der Waals surface area contributed by atoms with E-state index in [1.165, 1.54) is 3.57 Å². The van der Waals surface area contributed by atoms with Crippen LogP contribution < -0.4 is 19.6 Å². The van der Waals surface area contributed by atoms with Gasteiger partial charge in [0.1, 0.15) is 12.4 Å². The molecule has 3 rings (SSSR count). The second kappa shape index (κ2) is 10.7. The normalized spacial score (nSPS) is 10.7. The number of rotatable bonds is 9. The monoisotopic (exact) mass is 502 g/mol. The molecule has 3 aromatic rings. The third-order valence-corrected chi connectivity index (χ3v) is 4.95. The molecule has 6 heteroatoms.